The van der Waals surface area contributed by atoms with Crippen LogP contribution < -0.4 is 0 Å². The van der Waals surface area contributed by atoms with Crippen molar-refractivity contribution < 1.29 is 24.2 Å². The van der Waals surface area contributed by atoms with Crippen molar-refractivity contribution in [2.45, 2.75) is 79.0 Å². The number of carbonyl (C=O) groups is 3. The van der Waals surface area contributed by atoms with Crippen molar-refractivity contribution in [3.05, 3.63) is 36.7 Å². The molecule has 0 unspecified atom stereocenters. The number of aromatic nitrogens is 6. The van der Waals surface area contributed by atoms with Gasteiger partial charge in [0.05, 0.1) is 12.4 Å². The van der Waals surface area contributed by atoms with Gasteiger partial charge in [0.25, 0.3) is 0 Å². The molecule has 0 bridgehead atoms. The molecule has 1 aromatic carbocycles. The number of carboxylic acids is 1. The first-order valence-corrected chi connectivity index (χ1v) is 15.2. The third kappa shape index (κ3) is 7.80. The summed E-state index contributed by atoms with van der Waals surface area (Å²) in [5.41, 5.74) is 2.23. The number of carboxylic acid groups (broad SMARTS) is 1. The molecule has 13 heteroatoms. The smallest absolute Gasteiger partial charge is 0.410 e. The van der Waals surface area contributed by atoms with Crippen LogP contribution in [0.1, 0.15) is 73.4 Å². The maximum atomic E-state index is 13.7. The van der Waals surface area contributed by atoms with Gasteiger partial charge in [0.2, 0.25) is 5.91 Å². The van der Waals surface area contributed by atoms with Crippen LogP contribution in [0, 0.1) is 11.8 Å². The Morgan fingerprint density at radius 1 is 0.864 bits per heavy atom. The molecule has 1 aliphatic rings. The molecule has 0 aliphatic carbocycles. The highest BCUT2D eigenvalue weighted by Gasteiger charge is 2.33. The van der Waals surface area contributed by atoms with E-state index in [4.69, 9.17) is 4.74 Å². The van der Waals surface area contributed by atoms with E-state index < -0.39 is 23.7 Å². The molecule has 3 heterocycles. The molecular weight excluding hydrogens is 564 g/mol. The van der Waals surface area contributed by atoms with Crippen LogP contribution in [-0.4, -0.2) is 94.6 Å². The first kappa shape index (κ1) is 32.6. The third-order valence-electron chi connectivity index (χ3n) is 7.76. The fourth-order valence-corrected chi connectivity index (χ4v) is 5.17. The Hall–Kier alpha value is -4.29. The molecule has 3 atom stereocenters. The van der Waals surface area contributed by atoms with Crippen LogP contribution in [0.4, 0.5) is 4.79 Å². The van der Waals surface area contributed by atoms with Gasteiger partial charge in [-0.25, -0.2) is 19.0 Å². The number of benzene rings is 1. The van der Waals surface area contributed by atoms with E-state index in [1.54, 1.807) is 26.9 Å². The molecule has 0 radical (unpaired) electrons. The minimum atomic E-state index is -0.938. The number of rotatable bonds is 10. The van der Waals surface area contributed by atoms with Gasteiger partial charge in [-0.3, -0.25) is 4.79 Å². The Kier molecular flexibility index (Phi) is 10.1. The highest BCUT2D eigenvalue weighted by atomic mass is 16.6. The molecule has 13 nitrogen and oxygen atoms in total. The molecule has 2 aromatic heterocycles. The number of hydrogen-bond acceptors (Lipinski definition) is 8. The van der Waals surface area contributed by atoms with Gasteiger partial charge in [0.1, 0.15) is 23.0 Å². The Morgan fingerprint density at radius 3 is 1.84 bits per heavy atom. The highest BCUT2D eigenvalue weighted by molar-refractivity contribution is 5.81. The maximum absolute atomic E-state index is 13.7. The second-order valence-electron chi connectivity index (χ2n) is 12.9. The molecule has 0 spiro atoms. The first-order chi connectivity index (χ1) is 20.8. The molecule has 1 saturated heterocycles. The van der Waals surface area contributed by atoms with Crippen molar-refractivity contribution in [2.24, 2.45) is 11.8 Å². The lowest BCUT2D eigenvalue weighted by Crippen LogP contribution is -2.53. The molecule has 2 amide bonds. The number of carbonyl (C=O) groups excluding carboxylic acids is 2. The van der Waals surface area contributed by atoms with E-state index in [0.29, 0.717) is 50.4 Å². The van der Waals surface area contributed by atoms with Crippen LogP contribution in [0.25, 0.3) is 22.5 Å². The van der Waals surface area contributed by atoms with E-state index in [0.717, 1.165) is 11.1 Å². The third-order valence-corrected chi connectivity index (χ3v) is 7.76. The van der Waals surface area contributed by atoms with Gasteiger partial charge in [-0.1, -0.05) is 68.8 Å². The van der Waals surface area contributed by atoms with E-state index in [1.165, 1.54) is 4.68 Å². The van der Waals surface area contributed by atoms with E-state index in [1.807, 2.05) is 58.9 Å². The molecule has 1 aliphatic heterocycles. The van der Waals surface area contributed by atoms with Crippen molar-refractivity contribution in [1.29, 1.82) is 0 Å². The van der Waals surface area contributed by atoms with Gasteiger partial charge in [-0.05, 0) is 39.0 Å². The number of ether oxygens (including phenoxy) is 1. The van der Waals surface area contributed by atoms with Crippen LogP contribution in [0.15, 0.2) is 36.7 Å². The summed E-state index contributed by atoms with van der Waals surface area (Å²) in [5, 5.41) is 26.7. The van der Waals surface area contributed by atoms with Crippen LogP contribution in [0.5, 0.6) is 0 Å². The Balaban J connectivity index is 1.46. The van der Waals surface area contributed by atoms with E-state index in [-0.39, 0.29) is 23.8 Å². The van der Waals surface area contributed by atoms with Gasteiger partial charge in [0, 0.05) is 37.3 Å². The van der Waals surface area contributed by atoms with Crippen LogP contribution in [0.3, 0.4) is 0 Å². The number of piperazine rings is 1. The normalized spacial score (nSPS) is 16.1. The van der Waals surface area contributed by atoms with Crippen molar-refractivity contribution in [3.8, 4) is 22.5 Å². The summed E-state index contributed by atoms with van der Waals surface area (Å²) in [6, 6.07) is 6.23. The average molecular weight is 609 g/mol. The van der Waals surface area contributed by atoms with Gasteiger partial charge < -0.3 is 19.6 Å². The van der Waals surface area contributed by atoms with Gasteiger partial charge in [-0.15, -0.1) is 10.2 Å². The monoisotopic (exact) mass is 608 g/mol. The summed E-state index contributed by atoms with van der Waals surface area (Å²) >= 11 is 0. The van der Waals surface area contributed by atoms with Crippen molar-refractivity contribution in [3.63, 3.8) is 0 Å². The summed E-state index contributed by atoms with van der Waals surface area (Å²) in [6.45, 7) is 15.1. The highest BCUT2D eigenvalue weighted by Crippen LogP contribution is 2.27. The summed E-state index contributed by atoms with van der Waals surface area (Å²) in [6.07, 6.45) is 4.38. The average Bonchev–Trinajstić information content (AvgIpc) is 3.65. The Morgan fingerprint density at radius 2 is 1.36 bits per heavy atom. The SMILES string of the molecule is CC[C@H](C)[C@@H](C(=O)O)n1cc(-c2ccc(-c3cn([C@@H](CC(C)C)C(=O)N4CCN(C(=O)OC(C)(C)C)CC4)nn3)cc2)nn1. The molecule has 238 valence electrons. The van der Waals surface area contributed by atoms with E-state index >= 15 is 0 Å². The molecule has 1 N–H and O–H groups in total. The lowest BCUT2D eigenvalue weighted by Gasteiger charge is -2.37. The lowest BCUT2D eigenvalue weighted by molar-refractivity contribution is -0.143. The number of nitrogens with zero attached hydrogens (tertiary/aromatic N) is 8. The fraction of sp³-hybridized carbons (Fsp3) is 0.581. The number of aliphatic carboxylic acids is 1. The summed E-state index contributed by atoms with van der Waals surface area (Å²) in [4.78, 5) is 41.4. The molecule has 44 heavy (non-hydrogen) atoms. The first-order valence-electron chi connectivity index (χ1n) is 15.2. The predicted octanol–water partition coefficient (Wildman–Crippen LogP) is 4.54. The largest absolute Gasteiger partial charge is 0.480 e. The molecule has 3 aromatic rings. The van der Waals surface area contributed by atoms with Crippen LogP contribution in [-0.2, 0) is 14.3 Å². The predicted molar refractivity (Wildman–Crippen MR) is 163 cm³/mol. The minimum absolute atomic E-state index is 0.0468. The lowest BCUT2D eigenvalue weighted by atomic mass is 9.99. The summed E-state index contributed by atoms with van der Waals surface area (Å²) in [5.74, 6) is -0.838. The van der Waals surface area contributed by atoms with Crippen LogP contribution in [0.2, 0.25) is 0 Å². The summed E-state index contributed by atoms with van der Waals surface area (Å²) in [7, 11) is 0. The van der Waals surface area contributed by atoms with E-state index in [9.17, 15) is 19.5 Å². The minimum Gasteiger partial charge on any atom is -0.480 e. The second-order valence-corrected chi connectivity index (χ2v) is 12.9. The fourth-order valence-electron chi connectivity index (χ4n) is 5.17. The second kappa shape index (κ2) is 13.6. The zero-order valence-corrected chi connectivity index (χ0v) is 26.7. The van der Waals surface area contributed by atoms with Crippen molar-refractivity contribution in [1.82, 2.24) is 39.8 Å². The quantitative estimate of drug-likeness (QED) is 0.350. The van der Waals surface area contributed by atoms with Crippen LogP contribution >= 0.6 is 0 Å². The number of amides is 2. The maximum Gasteiger partial charge on any atom is 0.410 e. The zero-order valence-electron chi connectivity index (χ0n) is 26.7. The van der Waals surface area contributed by atoms with Gasteiger partial charge >= 0.3 is 12.1 Å². The zero-order chi connectivity index (χ0) is 32.2. The van der Waals surface area contributed by atoms with Gasteiger partial charge in [0.15, 0.2) is 6.04 Å². The standard InChI is InChI=1S/C31H44N8O5/c1-8-21(4)27(29(41)42)39-19-25(33-35-39)23-11-9-22(10-12-23)24-18-38(34-32-24)26(17-20(2)3)28(40)36-13-15-37(16-14-36)30(43)44-31(5,6)7/h9-12,18-21,26-27H,8,13-17H2,1-7H3,(H,41,42)/t21-,26-,27-/m0/s1. The van der Waals surface area contributed by atoms with Crippen molar-refractivity contribution in [2.75, 3.05) is 26.2 Å². The van der Waals surface area contributed by atoms with Gasteiger partial charge in [-0.2, -0.15) is 0 Å². The molecule has 0 saturated carbocycles. The Bertz CT molecular complexity index is 1430. The molecule has 1 fully saturated rings. The van der Waals surface area contributed by atoms with E-state index in [2.05, 4.69) is 34.5 Å². The topological polar surface area (TPSA) is 149 Å². The van der Waals surface area contributed by atoms with Crippen molar-refractivity contribution >= 4 is 18.0 Å². The molecule has 4 rings (SSSR count). The summed E-state index contributed by atoms with van der Waals surface area (Å²) < 4.78 is 8.53. The Labute approximate surface area is 258 Å². The number of hydrogen-bond donors (Lipinski definition) is 1. The molecular formula is C31H44N8O5.